The molecule has 0 radical (unpaired) electrons. The average Bonchev–Trinajstić information content (AvgIpc) is 2.57. The summed E-state index contributed by atoms with van der Waals surface area (Å²) in [4.78, 5) is 24.5. The van der Waals surface area contributed by atoms with E-state index in [4.69, 9.17) is 10.5 Å². The smallest absolute Gasteiger partial charge is 0.222 e. The van der Waals surface area contributed by atoms with Gasteiger partial charge in [-0.05, 0) is 26.7 Å². The van der Waals surface area contributed by atoms with Crippen LogP contribution in [0, 0.1) is 0 Å². The predicted molar refractivity (Wildman–Crippen MR) is 99.8 cm³/mol. The van der Waals surface area contributed by atoms with Crippen molar-refractivity contribution in [2.45, 2.75) is 58.4 Å². The molecular formula is C18H27N5O2. The fraction of sp³-hybridized carbons (Fsp3) is 0.556. The highest BCUT2D eigenvalue weighted by atomic mass is 16.5. The molecule has 0 fully saturated rings. The second kappa shape index (κ2) is 8.09. The Balaban J connectivity index is 2.38. The summed E-state index contributed by atoms with van der Waals surface area (Å²) in [7, 11) is 1.58. The van der Waals surface area contributed by atoms with E-state index in [1.165, 1.54) is 0 Å². The first-order valence-corrected chi connectivity index (χ1v) is 8.62. The summed E-state index contributed by atoms with van der Waals surface area (Å²) >= 11 is 0. The standard InChI is InChI=1S/C18H27N5O2/c1-5-6-8-18(3,9-7-12(2)24)23-16-15-14(21-17(19)22-16)10-13(25-4)11-20-15/h10-11H,5-9H2,1-4H3,(H3,19,21,22,23)/t18-/m1/s1. The third-order valence-electron chi connectivity index (χ3n) is 4.29. The molecule has 0 saturated heterocycles. The van der Waals surface area contributed by atoms with E-state index in [9.17, 15) is 4.79 Å². The Morgan fingerprint density at radius 2 is 2.12 bits per heavy atom. The number of fused-ring (bicyclic) bond motifs is 1. The summed E-state index contributed by atoms with van der Waals surface area (Å²) in [5.41, 5.74) is 6.87. The quantitative estimate of drug-likeness (QED) is 0.718. The largest absolute Gasteiger partial charge is 0.495 e. The van der Waals surface area contributed by atoms with Gasteiger partial charge in [-0.15, -0.1) is 0 Å². The SMILES string of the molecule is CCCC[C@](C)(CCC(C)=O)Nc1nc(N)nc2cc(OC)cnc12. The Kier molecular flexibility index (Phi) is 6.12. The Bertz CT molecular complexity index is 750. The summed E-state index contributed by atoms with van der Waals surface area (Å²) in [6.07, 6.45) is 5.95. The first-order valence-electron chi connectivity index (χ1n) is 8.62. The molecule has 0 aliphatic rings. The zero-order valence-electron chi connectivity index (χ0n) is 15.4. The Labute approximate surface area is 148 Å². The molecule has 2 rings (SSSR count). The number of nitrogens with two attached hydrogens (primary N) is 1. The molecule has 1 atom stereocenters. The number of carbonyl (C=O) groups is 1. The number of ether oxygens (including phenoxy) is 1. The highest BCUT2D eigenvalue weighted by Gasteiger charge is 2.26. The molecule has 136 valence electrons. The van der Waals surface area contributed by atoms with E-state index in [2.05, 4.69) is 34.1 Å². The molecule has 0 aromatic carbocycles. The number of carbonyl (C=O) groups excluding carboxylic acids is 1. The number of nitrogen functional groups attached to an aromatic ring is 1. The van der Waals surface area contributed by atoms with Crippen LogP contribution in [-0.4, -0.2) is 33.4 Å². The number of pyridine rings is 1. The lowest BCUT2D eigenvalue weighted by Gasteiger charge is -2.31. The van der Waals surface area contributed by atoms with Gasteiger partial charge in [-0.25, -0.2) is 9.97 Å². The summed E-state index contributed by atoms with van der Waals surface area (Å²) in [6, 6.07) is 1.78. The predicted octanol–water partition coefficient (Wildman–Crippen LogP) is 3.35. The van der Waals surface area contributed by atoms with Crippen molar-refractivity contribution in [1.82, 2.24) is 15.0 Å². The number of nitrogens with one attached hydrogen (secondary N) is 1. The first kappa shape index (κ1) is 18.9. The second-order valence-corrected chi connectivity index (χ2v) is 6.66. The molecule has 0 unspecified atom stereocenters. The molecule has 0 saturated carbocycles. The number of anilines is 2. The maximum atomic E-state index is 11.5. The van der Waals surface area contributed by atoms with Crippen LogP contribution in [0.3, 0.4) is 0 Å². The van der Waals surface area contributed by atoms with Crippen LogP contribution >= 0.6 is 0 Å². The summed E-state index contributed by atoms with van der Waals surface area (Å²) in [5, 5.41) is 3.48. The minimum Gasteiger partial charge on any atom is -0.495 e. The Morgan fingerprint density at radius 1 is 1.36 bits per heavy atom. The minimum absolute atomic E-state index is 0.175. The number of rotatable bonds is 9. The Morgan fingerprint density at radius 3 is 2.76 bits per heavy atom. The number of methoxy groups -OCH3 is 1. The van der Waals surface area contributed by atoms with Gasteiger partial charge in [-0.2, -0.15) is 4.98 Å². The molecular weight excluding hydrogens is 318 g/mol. The van der Waals surface area contributed by atoms with Gasteiger partial charge >= 0.3 is 0 Å². The van der Waals surface area contributed by atoms with Crippen molar-refractivity contribution >= 4 is 28.6 Å². The maximum Gasteiger partial charge on any atom is 0.222 e. The van der Waals surface area contributed by atoms with E-state index in [0.29, 0.717) is 29.0 Å². The molecule has 7 heteroatoms. The molecule has 0 spiro atoms. The molecule has 0 amide bonds. The number of hydrogen-bond donors (Lipinski definition) is 2. The topological polar surface area (TPSA) is 103 Å². The van der Waals surface area contributed by atoms with Crippen molar-refractivity contribution in [2.75, 3.05) is 18.2 Å². The van der Waals surface area contributed by atoms with Gasteiger partial charge in [0, 0.05) is 18.0 Å². The van der Waals surface area contributed by atoms with Crippen molar-refractivity contribution in [2.24, 2.45) is 0 Å². The van der Waals surface area contributed by atoms with Crippen LogP contribution in [0.2, 0.25) is 0 Å². The van der Waals surface area contributed by atoms with Crippen molar-refractivity contribution in [1.29, 1.82) is 0 Å². The first-order chi connectivity index (χ1) is 11.9. The summed E-state index contributed by atoms with van der Waals surface area (Å²) in [5.74, 6) is 1.56. The molecule has 7 nitrogen and oxygen atoms in total. The normalized spacial score (nSPS) is 13.4. The maximum absolute atomic E-state index is 11.5. The zero-order valence-corrected chi connectivity index (χ0v) is 15.4. The van der Waals surface area contributed by atoms with Gasteiger partial charge in [0.15, 0.2) is 5.82 Å². The van der Waals surface area contributed by atoms with Gasteiger partial charge in [0.25, 0.3) is 0 Å². The molecule has 2 aromatic rings. The van der Waals surface area contributed by atoms with E-state index >= 15 is 0 Å². The molecule has 0 bridgehead atoms. The van der Waals surface area contributed by atoms with Gasteiger partial charge in [-0.1, -0.05) is 19.8 Å². The van der Waals surface area contributed by atoms with Gasteiger partial charge in [0.1, 0.15) is 22.6 Å². The van der Waals surface area contributed by atoms with E-state index in [1.54, 1.807) is 26.3 Å². The van der Waals surface area contributed by atoms with Gasteiger partial charge < -0.3 is 20.6 Å². The van der Waals surface area contributed by atoms with Crippen molar-refractivity contribution in [3.63, 3.8) is 0 Å². The van der Waals surface area contributed by atoms with Crippen LogP contribution < -0.4 is 15.8 Å². The lowest BCUT2D eigenvalue weighted by Crippen LogP contribution is -2.36. The lowest BCUT2D eigenvalue weighted by molar-refractivity contribution is -0.117. The summed E-state index contributed by atoms with van der Waals surface area (Å²) < 4.78 is 5.20. The van der Waals surface area contributed by atoms with E-state index in [1.807, 2.05) is 0 Å². The van der Waals surface area contributed by atoms with Gasteiger partial charge in [0.2, 0.25) is 5.95 Å². The third-order valence-corrected chi connectivity index (χ3v) is 4.29. The molecule has 2 aromatic heterocycles. The van der Waals surface area contributed by atoms with Gasteiger partial charge in [0.05, 0.1) is 13.3 Å². The summed E-state index contributed by atoms with van der Waals surface area (Å²) in [6.45, 7) is 5.88. The van der Waals surface area contributed by atoms with Crippen LogP contribution in [-0.2, 0) is 4.79 Å². The molecule has 25 heavy (non-hydrogen) atoms. The molecule has 2 heterocycles. The molecule has 0 aliphatic heterocycles. The number of aromatic nitrogens is 3. The molecule has 0 aliphatic carbocycles. The van der Waals surface area contributed by atoms with Crippen molar-refractivity contribution < 1.29 is 9.53 Å². The number of ketones is 1. The van der Waals surface area contributed by atoms with E-state index in [-0.39, 0.29) is 17.3 Å². The van der Waals surface area contributed by atoms with Crippen LogP contribution in [0.1, 0.15) is 52.9 Å². The molecule has 3 N–H and O–H groups in total. The number of Topliss-reactive ketones (excluding diaryl/α,β-unsaturated/α-hetero) is 1. The van der Waals surface area contributed by atoms with Crippen LogP contribution in [0.25, 0.3) is 11.0 Å². The zero-order chi connectivity index (χ0) is 18.4. The lowest BCUT2D eigenvalue weighted by atomic mass is 9.89. The monoisotopic (exact) mass is 345 g/mol. The minimum atomic E-state index is -0.267. The van der Waals surface area contributed by atoms with Crippen molar-refractivity contribution in [3.8, 4) is 5.75 Å². The fourth-order valence-electron chi connectivity index (χ4n) is 2.77. The van der Waals surface area contributed by atoms with Crippen molar-refractivity contribution in [3.05, 3.63) is 12.3 Å². The Hall–Kier alpha value is -2.44. The highest BCUT2D eigenvalue weighted by molar-refractivity contribution is 5.87. The van der Waals surface area contributed by atoms with Crippen LogP contribution in [0.15, 0.2) is 12.3 Å². The second-order valence-electron chi connectivity index (χ2n) is 6.66. The number of hydrogen-bond acceptors (Lipinski definition) is 7. The third kappa shape index (κ3) is 5.01. The number of unbranched alkanes of at least 4 members (excludes halogenated alkanes) is 1. The average molecular weight is 345 g/mol. The van der Waals surface area contributed by atoms with Crippen LogP contribution in [0.4, 0.5) is 11.8 Å². The van der Waals surface area contributed by atoms with Crippen LogP contribution in [0.5, 0.6) is 5.75 Å². The fourth-order valence-corrected chi connectivity index (χ4v) is 2.77. The van der Waals surface area contributed by atoms with E-state index < -0.39 is 0 Å². The highest BCUT2D eigenvalue weighted by Crippen LogP contribution is 2.29. The van der Waals surface area contributed by atoms with Gasteiger partial charge in [-0.3, -0.25) is 0 Å². The van der Waals surface area contributed by atoms with E-state index in [0.717, 1.165) is 25.7 Å². The number of nitrogens with zero attached hydrogens (tertiary/aromatic N) is 3.